The van der Waals surface area contributed by atoms with Crippen LogP contribution in [0.4, 0.5) is 10.2 Å². The number of benzene rings is 1. The minimum absolute atomic E-state index is 0.283. The van der Waals surface area contributed by atoms with Crippen molar-refractivity contribution in [2.45, 2.75) is 20.4 Å². The molecular weight excluding hydrogens is 429 g/mol. The number of hydrogen-bond donors (Lipinski definition) is 1. The van der Waals surface area contributed by atoms with Crippen LogP contribution in [-0.2, 0) is 6.54 Å². The lowest BCUT2D eigenvalue weighted by atomic mass is 10.2. The van der Waals surface area contributed by atoms with Crippen LogP contribution in [0.5, 0.6) is 11.5 Å². The molecule has 0 aliphatic rings. The quantitative estimate of drug-likeness (QED) is 0.406. The first-order chi connectivity index (χ1) is 15.6. The monoisotopic (exact) mass is 451 g/mol. The van der Waals surface area contributed by atoms with E-state index in [0.29, 0.717) is 53.1 Å². The first kappa shape index (κ1) is 21.6. The van der Waals surface area contributed by atoms with E-state index in [0.717, 1.165) is 16.0 Å². The third kappa shape index (κ3) is 3.97. The largest absolute Gasteiger partial charge is 0.494 e. The van der Waals surface area contributed by atoms with Gasteiger partial charge in [-0.1, -0.05) is 6.07 Å². The van der Waals surface area contributed by atoms with Gasteiger partial charge < -0.3 is 19.4 Å². The van der Waals surface area contributed by atoms with E-state index >= 15 is 0 Å². The molecule has 164 valence electrons. The summed E-state index contributed by atoms with van der Waals surface area (Å²) in [4.78, 5) is 9.96. The molecule has 0 aliphatic carbocycles. The second kappa shape index (κ2) is 9.24. The van der Waals surface area contributed by atoms with E-state index in [9.17, 15) is 9.65 Å². The highest BCUT2D eigenvalue weighted by molar-refractivity contribution is 7.16. The highest BCUT2D eigenvalue weighted by Gasteiger charge is 2.17. The fraction of sp³-hybridized carbons (Fsp3) is 0.261. The Morgan fingerprint density at radius 3 is 2.88 bits per heavy atom. The van der Waals surface area contributed by atoms with Crippen molar-refractivity contribution >= 4 is 28.1 Å². The average molecular weight is 452 g/mol. The number of hydrogen-bond acceptors (Lipinski definition) is 7. The van der Waals surface area contributed by atoms with Crippen molar-refractivity contribution in [1.29, 1.82) is 5.26 Å². The number of ether oxygens (including phenoxy) is 2. The number of fused-ring (bicyclic) bond motifs is 1. The number of methoxy groups -OCH3 is 1. The van der Waals surface area contributed by atoms with Gasteiger partial charge in [-0.15, -0.1) is 11.3 Å². The van der Waals surface area contributed by atoms with Crippen LogP contribution >= 0.6 is 11.3 Å². The number of para-hydroxylation sites is 1. The standard InChI is InChI=1S/C23H22FN5O2S/c1-4-31-18-11-19(32-20(18)12-25)17-10-21(28-13-27-17)26-8-9-29-14(2)23(30-3)15-6-5-7-16(24)22(15)29/h5-7,10-11,13H,4,8-9H2,1-3H3,(H,26,27,28). The number of aromatic nitrogens is 3. The van der Waals surface area contributed by atoms with E-state index in [1.165, 1.54) is 23.7 Å². The molecule has 7 nitrogen and oxygen atoms in total. The maximum absolute atomic E-state index is 14.5. The van der Waals surface area contributed by atoms with Gasteiger partial charge in [0.05, 0.1) is 35.5 Å². The van der Waals surface area contributed by atoms with Crippen LogP contribution < -0.4 is 14.8 Å². The van der Waals surface area contributed by atoms with Crippen molar-refractivity contribution in [3.05, 3.63) is 53.0 Å². The molecule has 4 rings (SSSR count). The first-order valence-electron chi connectivity index (χ1n) is 10.1. The second-order valence-corrected chi connectivity index (χ2v) is 8.02. The third-order valence-corrected chi connectivity index (χ3v) is 6.14. The summed E-state index contributed by atoms with van der Waals surface area (Å²) in [6.07, 6.45) is 1.47. The van der Waals surface area contributed by atoms with E-state index < -0.39 is 0 Å². The van der Waals surface area contributed by atoms with Crippen LogP contribution in [0.15, 0.2) is 36.7 Å². The van der Waals surface area contributed by atoms with Gasteiger partial charge in [-0.2, -0.15) is 5.26 Å². The molecule has 0 spiro atoms. The van der Waals surface area contributed by atoms with Crippen LogP contribution in [0.2, 0.25) is 0 Å². The predicted molar refractivity (Wildman–Crippen MR) is 123 cm³/mol. The van der Waals surface area contributed by atoms with Gasteiger partial charge in [0.1, 0.15) is 40.4 Å². The van der Waals surface area contributed by atoms with E-state index in [-0.39, 0.29) is 5.82 Å². The van der Waals surface area contributed by atoms with Gasteiger partial charge in [0, 0.05) is 30.6 Å². The molecule has 1 N–H and O–H groups in total. The summed E-state index contributed by atoms with van der Waals surface area (Å²) in [6, 6.07) is 10.8. The molecular formula is C23H22FN5O2S. The zero-order chi connectivity index (χ0) is 22.7. The smallest absolute Gasteiger partial charge is 0.148 e. The zero-order valence-corrected chi connectivity index (χ0v) is 18.8. The summed E-state index contributed by atoms with van der Waals surface area (Å²) in [5.41, 5.74) is 2.09. The number of halogens is 1. The number of nitrogens with one attached hydrogen (secondary N) is 1. The van der Waals surface area contributed by atoms with Crippen molar-refractivity contribution < 1.29 is 13.9 Å². The van der Waals surface area contributed by atoms with Gasteiger partial charge in [0.25, 0.3) is 0 Å². The van der Waals surface area contributed by atoms with Crippen molar-refractivity contribution in [3.63, 3.8) is 0 Å². The summed E-state index contributed by atoms with van der Waals surface area (Å²) in [7, 11) is 1.59. The van der Waals surface area contributed by atoms with Crippen molar-refractivity contribution in [2.75, 3.05) is 25.6 Å². The number of nitrogens with zero attached hydrogens (tertiary/aromatic N) is 4. The van der Waals surface area contributed by atoms with E-state index in [2.05, 4.69) is 21.4 Å². The summed E-state index contributed by atoms with van der Waals surface area (Å²) in [6.45, 7) is 5.33. The number of anilines is 1. The van der Waals surface area contributed by atoms with Gasteiger partial charge in [0.15, 0.2) is 0 Å². The molecule has 9 heteroatoms. The van der Waals surface area contributed by atoms with E-state index in [1.54, 1.807) is 13.2 Å². The van der Waals surface area contributed by atoms with Crippen molar-refractivity contribution in [2.24, 2.45) is 0 Å². The SMILES string of the molecule is CCOc1cc(-c2cc(NCCn3c(C)c(OC)c4cccc(F)c43)ncn2)sc1C#N. The Labute approximate surface area is 189 Å². The Kier molecular flexibility index (Phi) is 6.23. The normalized spacial score (nSPS) is 10.8. The molecule has 0 aliphatic heterocycles. The Balaban J connectivity index is 1.53. The van der Waals surface area contributed by atoms with Gasteiger partial charge in [0.2, 0.25) is 0 Å². The van der Waals surface area contributed by atoms with Crippen molar-refractivity contribution in [1.82, 2.24) is 14.5 Å². The van der Waals surface area contributed by atoms with Gasteiger partial charge in [-0.05, 0) is 26.0 Å². The lowest BCUT2D eigenvalue weighted by Crippen LogP contribution is -2.13. The Bertz CT molecular complexity index is 1310. The molecule has 0 fully saturated rings. The topological polar surface area (TPSA) is 85.0 Å². The molecule has 0 saturated carbocycles. The molecule has 0 unspecified atom stereocenters. The minimum Gasteiger partial charge on any atom is -0.494 e. The molecule has 0 radical (unpaired) electrons. The molecule has 0 atom stereocenters. The molecule has 0 saturated heterocycles. The number of nitriles is 1. The summed E-state index contributed by atoms with van der Waals surface area (Å²) < 4.78 is 27.5. The second-order valence-electron chi connectivity index (χ2n) is 6.97. The maximum Gasteiger partial charge on any atom is 0.148 e. The lowest BCUT2D eigenvalue weighted by Gasteiger charge is -2.11. The lowest BCUT2D eigenvalue weighted by molar-refractivity contribution is 0.341. The summed E-state index contributed by atoms with van der Waals surface area (Å²) in [5, 5.41) is 13.3. The Hall–Kier alpha value is -3.64. The predicted octanol–water partition coefficient (Wildman–Crippen LogP) is 5.00. The van der Waals surface area contributed by atoms with Gasteiger partial charge in [-0.25, -0.2) is 14.4 Å². The zero-order valence-electron chi connectivity index (χ0n) is 18.0. The van der Waals surface area contributed by atoms with E-state index in [1.807, 2.05) is 36.6 Å². The fourth-order valence-corrected chi connectivity index (χ4v) is 4.59. The Morgan fingerprint density at radius 2 is 2.12 bits per heavy atom. The van der Waals surface area contributed by atoms with Crippen molar-refractivity contribution in [3.8, 4) is 28.1 Å². The highest BCUT2D eigenvalue weighted by Crippen LogP contribution is 2.36. The van der Waals surface area contributed by atoms with Crippen LogP contribution in [0, 0.1) is 24.1 Å². The third-order valence-electron chi connectivity index (χ3n) is 5.10. The Morgan fingerprint density at radius 1 is 1.28 bits per heavy atom. The van der Waals surface area contributed by atoms with E-state index in [4.69, 9.17) is 9.47 Å². The fourth-order valence-electron chi connectivity index (χ4n) is 3.72. The minimum atomic E-state index is -0.283. The molecule has 4 aromatic rings. The molecule has 32 heavy (non-hydrogen) atoms. The molecule has 0 bridgehead atoms. The molecule has 3 aromatic heterocycles. The molecule has 1 aromatic carbocycles. The highest BCUT2D eigenvalue weighted by atomic mass is 32.1. The summed E-state index contributed by atoms with van der Waals surface area (Å²) in [5.74, 6) is 1.60. The maximum atomic E-state index is 14.5. The van der Waals surface area contributed by atoms with Gasteiger partial charge in [-0.3, -0.25) is 0 Å². The first-order valence-corrected chi connectivity index (χ1v) is 10.9. The van der Waals surface area contributed by atoms with Gasteiger partial charge >= 0.3 is 0 Å². The van der Waals surface area contributed by atoms with Crippen LogP contribution in [0.3, 0.4) is 0 Å². The summed E-state index contributed by atoms with van der Waals surface area (Å²) >= 11 is 1.33. The average Bonchev–Trinajstić information content (AvgIpc) is 3.33. The van der Waals surface area contributed by atoms with Crippen LogP contribution in [-0.4, -0.2) is 34.8 Å². The number of rotatable bonds is 8. The number of thiophene rings is 1. The molecule has 0 amide bonds. The van der Waals surface area contributed by atoms with Crippen LogP contribution in [0.25, 0.3) is 21.5 Å². The molecule has 3 heterocycles. The van der Waals surface area contributed by atoms with Crippen LogP contribution in [0.1, 0.15) is 17.5 Å².